The monoisotopic (exact) mass is 796 g/mol. The molecule has 1 aliphatic heterocycles. The van der Waals surface area contributed by atoms with Crippen LogP contribution in [-0.4, -0.2) is 100.0 Å². The van der Waals surface area contributed by atoms with Gasteiger partial charge in [-0.25, -0.2) is 13.4 Å². The number of amides is 3. The van der Waals surface area contributed by atoms with Gasteiger partial charge in [0.15, 0.2) is 9.84 Å². The van der Waals surface area contributed by atoms with E-state index in [9.17, 15) is 27.9 Å². The second-order valence-corrected chi connectivity index (χ2v) is 18.5. The smallest absolute Gasteiger partial charge is 0.270 e. The molecule has 2 aromatic carbocycles. The summed E-state index contributed by atoms with van der Waals surface area (Å²) in [7, 11) is -3.60. The second-order valence-electron chi connectivity index (χ2n) is 16.2. The Bertz CT molecular complexity index is 2110. The quantitative estimate of drug-likeness (QED) is 0.120. The van der Waals surface area contributed by atoms with E-state index in [0.717, 1.165) is 16.5 Å². The number of carbonyl (C=O) groups is 3. The molecule has 0 aliphatic carbocycles. The number of hydrogen-bond acceptors (Lipinski definition) is 9. The average Bonchev–Trinajstić information content (AvgIpc) is 3.18. The number of pyridine rings is 2. The summed E-state index contributed by atoms with van der Waals surface area (Å²) in [6, 6.07) is 21.5. The van der Waals surface area contributed by atoms with Gasteiger partial charge in [-0.1, -0.05) is 80.6 Å². The highest BCUT2D eigenvalue weighted by Crippen LogP contribution is 2.26. The van der Waals surface area contributed by atoms with Crippen LogP contribution in [0.2, 0.25) is 0 Å². The summed E-state index contributed by atoms with van der Waals surface area (Å²) in [5.41, 5.74) is 2.15. The van der Waals surface area contributed by atoms with E-state index in [1.54, 1.807) is 24.5 Å². The van der Waals surface area contributed by atoms with Gasteiger partial charge in [0, 0.05) is 36.4 Å². The summed E-state index contributed by atoms with van der Waals surface area (Å²) in [4.78, 5) is 51.6. The van der Waals surface area contributed by atoms with Gasteiger partial charge >= 0.3 is 0 Å². The summed E-state index contributed by atoms with van der Waals surface area (Å²) in [5, 5.41) is 21.0. The zero-order valence-electron chi connectivity index (χ0n) is 33.5. The van der Waals surface area contributed by atoms with Gasteiger partial charge in [-0.3, -0.25) is 24.3 Å². The Kier molecular flexibility index (Phi) is 14.7. The molecule has 13 heteroatoms. The first kappa shape index (κ1) is 43.1. The lowest BCUT2D eigenvalue weighted by atomic mass is 9.95. The number of benzene rings is 2. The predicted molar refractivity (Wildman–Crippen MR) is 223 cm³/mol. The van der Waals surface area contributed by atoms with Crippen molar-refractivity contribution in [2.45, 2.75) is 95.3 Å². The fraction of sp³-hybridized carbons (Fsp3) is 0.432. The minimum absolute atomic E-state index is 0.00166. The maximum Gasteiger partial charge on any atom is 0.270 e. The third-order valence-electron chi connectivity index (χ3n) is 10.2. The van der Waals surface area contributed by atoms with Crippen LogP contribution in [0.25, 0.3) is 10.9 Å². The van der Waals surface area contributed by atoms with E-state index >= 15 is 0 Å². The third-order valence-corrected chi connectivity index (χ3v) is 12.3. The number of aliphatic hydroxyl groups is 1. The molecule has 1 saturated heterocycles. The van der Waals surface area contributed by atoms with Crippen molar-refractivity contribution in [2.24, 2.45) is 5.92 Å². The Hall–Kier alpha value is -4.98. The lowest BCUT2D eigenvalue weighted by Crippen LogP contribution is -2.60. The predicted octanol–water partition coefficient (Wildman–Crippen LogP) is 4.43. The SMILES string of the molecule is CC(C)C(NC(=O)c1ccc2ccccc2n1)C(=O)NC(Cc1ccccc1)C(O)CN1CC[C@@H](S(=O)(=O)CC=CCc2ccncc2)CC1C(=O)NC(C)(C)C. The highest BCUT2D eigenvalue weighted by Gasteiger charge is 2.41. The second kappa shape index (κ2) is 19.4. The molecular weight excluding hydrogens is 741 g/mol. The van der Waals surface area contributed by atoms with Crippen LogP contribution in [0, 0.1) is 5.92 Å². The Balaban J connectivity index is 1.32. The number of aliphatic hydroxyl groups excluding tert-OH is 1. The normalized spacial score (nSPS) is 18.2. The van der Waals surface area contributed by atoms with E-state index in [1.807, 2.05) is 118 Å². The van der Waals surface area contributed by atoms with Crippen molar-refractivity contribution in [3.63, 3.8) is 0 Å². The molecule has 1 fully saturated rings. The fourth-order valence-electron chi connectivity index (χ4n) is 7.06. The van der Waals surface area contributed by atoms with E-state index in [2.05, 4.69) is 25.9 Å². The molecule has 4 aromatic rings. The molecule has 0 spiro atoms. The molecule has 3 amide bonds. The highest BCUT2D eigenvalue weighted by atomic mass is 32.2. The summed E-state index contributed by atoms with van der Waals surface area (Å²) in [6.07, 6.45) is 6.93. The van der Waals surface area contributed by atoms with Crippen molar-refractivity contribution < 1.29 is 27.9 Å². The number of aromatic nitrogens is 2. The molecule has 5 rings (SSSR count). The van der Waals surface area contributed by atoms with Gasteiger partial charge in [-0.15, -0.1) is 0 Å². The molecule has 0 saturated carbocycles. The number of para-hydroxylation sites is 1. The molecule has 1 aliphatic rings. The molecule has 4 N–H and O–H groups in total. The van der Waals surface area contributed by atoms with Gasteiger partial charge in [0.2, 0.25) is 11.8 Å². The standard InChI is InChI=1S/C44H56N6O6S/c1-30(2)40(48-41(52)36-19-18-33-16-9-10-17-35(33)46-36)43(54)47-37(27-32-14-7-6-8-15-32)39(51)29-50-25-22-34(28-38(50)42(53)49-44(3,4)5)57(55,56)26-12-11-13-31-20-23-45-24-21-31/h6-12,14-21,23-24,30,34,37-40,51H,13,22,25-29H2,1-5H3,(H,47,54)(H,48,52)(H,49,53)/t34-,37?,38?,39?,40?/m1/s1. The van der Waals surface area contributed by atoms with Crippen LogP contribution in [-0.2, 0) is 32.3 Å². The van der Waals surface area contributed by atoms with Gasteiger partial charge in [0.05, 0.1) is 34.7 Å². The zero-order chi connectivity index (χ0) is 41.2. The first-order valence-electron chi connectivity index (χ1n) is 19.6. The van der Waals surface area contributed by atoms with E-state index < -0.39 is 56.7 Å². The molecular formula is C44H56N6O6S. The van der Waals surface area contributed by atoms with Crippen molar-refractivity contribution in [1.29, 1.82) is 0 Å². The molecule has 0 bridgehead atoms. The van der Waals surface area contributed by atoms with Crippen LogP contribution < -0.4 is 16.0 Å². The van der Waals surface area contributed by atoms with Crippen LogP contribution in [0.4, 0.5) is 0 Å². The van der Waals surface area contributed by atoms with E-state index in [4.69, 9.17) is 0 Å². The molecule has 2 aromatic heterocycles. The zero-order valence-corrected chi connectivity index (χ0v) is 34.3. The Morgan fingerprint density at radius 1 is 0.912 bits per heavy atom. The maximum absolute atomic E-state index is 14.0. The molecule has 3 heterocycles. The number of fused-ring (bicyclic) bond motifs is 1. The van der Waals surface area contributed by atoms with Gasteiger partial charge < -0.3 is 21.1 Å². The van der Waals surface area contributed by atoms with Crippen molar-refractivity contribution in [1.82, 2.24) is 30.8 Å². The first-order chi connectivity index (χ1) is 27.1. The fourth-order valence-corrected chi connectivity index (χ4v) is 8.68. The largest absolute Gasteiger partial charge is 0.390 e. The van der Waals surface area contributed by atoms with Crippen molar-refractivity contribution in [3.05, 3.63) is 120 Å². The minimum atomic E-state index is -3.60. The Morgan fingerprint density at radius 3 is 2.32 bits per heavy atom. The summed E-state index contributed by atoms with van der Waals surface area (Å²) >= 11 is 0. The number of likely N-dealkylation sites (tertiary alicyclic amines) is 1. The van der Waals surface area contributed by atoms with Crippen molar-refractivity contribution in [3.8, 4) is 0 Å². The minimum Gasteiger partial charge on any atom is -0.390 e. The molecule has 304 valence electrons. The van der Waals surface area contributed by atoms with E-state index in [-0.39, 0.29) is 55.6 Å². The average molecular weight is 797 g/mol. The number of carbonyl (C=O) groups excluding carboxylic acids is 3. The molecule has 5 atom stereocenters. The van der Waals surface area contributed by atoms with Gasteiger partial charge in [0.25, 0.3) is 5.91 Å². The molecule has 57 heavy (non-hydrogen) atoms. The van der Waals surface area contributed by atoms with Crippen LogP contribution in [0.15, 0.2) is 103 Å². The molecule has 12 nitrogen and oxygen atoms in total. The number of sulfone groups is 1. The van der Waals surface area contributed by atoms with Crippen LogP contribution in [0.1, 0.15) is 69.1 Å². The van der Waals surface area contributed by atoms with E-state index in [0.29, 0.717) is 11.9 Å². The number of allylic oxidation sites excluding steroid dienone is 1. The molecule has 0 radical (unpaired) electrons. The summed E-state index contributed by atoms with van der Waals surface area (Å²) in [6.45, 7) is 9.49. The topological polar surface area (TPSA) is 171 Å². The van der Waals surface area contributed by atoms with Gasteiger partial charge in [-0.2, -0.15) is 0 Å². The Morgan fingerprint density at radius 2 is 1.61 bits per heavy atom. The van der Waals surface area contributed by atoms with Gasteiger partial charge in [0.1, 0.15) is 11.7 Å². The van der Waals surface area contributed by atoms with Crippen molar-refractivity contribution >= 4 is 38.5 Å². The molecule has 4 unspecified atom stereocenters. The number of β-amino-alcohol motifs (C(OH)–C–C–N with tert-alkyl or cyclic N) is 1. The van der Waals surface area contributed by atoms with Crippen LogP contribution in [0.3, 0.4) is 0 Å². The first-order valence-corrected chi connectivity index (χ1v) is 21.3. The van der Waals surface area contributed by atoms with E-state index in [1.165, 1.54) is 0 Å². The number of hydrogen-bond donors (Lipinski definition) is 4. The summed E-state index contributed by atoms with van der Waals surface area (Å²) in [5.74, 6) is -1.74. The third kappa shape index (κ3) is 12.5. The number of rotatable bonds is 16. The summed E-state index contributed by atoms with van der Waals surface area (Å²) < 4.78 is 27.2. The highest BCUT2D eigenvalue weighted by molar-refractivity contribution is 7.92. The maximum atomic E-state index is 14.0. The van der Waals surface area contributed by atoms with Gasteiger partial charge in [-0.05, 0) is 87.8 Å². The Labute approximate surface area is 336 Å². The number of piperidine rings is 1. The lowest BCUT2D eigenvalue weighted by Gasteiger charge is -2.41. The number of nitrogens with zero attached hydrogens (tertiary/aromatic N) is 3. The van der Waals surface area contributed by atoms with Crippen LogP contribution >= 0.6 is 0 Å². The van der Waals surface area contributed by atoms with Crippen LogP contribution in [0.5, 0.6) is 0 Å². The van der Waals surface area contributed by atoms with Crippen molar-refractivity contribution in [2.75, 3.05) is 18.8 Å². The lowest BCUT2D eigenvalue weighted by molar-refractivity contribution is -0.130. The number of nitrogens with one attached hydrogen (secondary N) is 3.